The van der Waals surface area contributed by atoms with Crippen molar-refractivity contribution in [2.24, 2.45) is 7.05 Å². The number of aromatic nitrogens is 2. The van der Waals surface area contributed by atoms with E-state index in [1.54, 1.807) is 11.3 Å². The lowest BCUT2D eigenvalue weighted by atomic mass is 10.0. The first-order valence-corrected chi connectivity index (χ1v) is 6.18. The second kappa shape index (κ2) is 4.39. The molecule has 1 N–H and O–H groups in total. The Hall–Kier alpha value is -1.13. The van der Waals surface area contributed by atoms with Crippen molar-refractivity contribution in [2.45, 2.75) is 26.4 Å². The second-order valence-corrected chi connectivity index (χ2v) is 5.04. The number of rotatable bonds is 3. The van der Waals surface area contributed by atoms with Crippen LogP contribution in [0.5, 0.6) is 0 Å². The molecule has 4 heteroatoms. The molecule has 2 heterocycles. The van der Waals surface area contributed by atoms with Gasteiger partial charge < -0.3 is 5.11 Å². The predicted octanol–water partition coefficient (Wildman–Crippen LogP) is 2.37. The van der Waals surface area contributed by atoms with Crippen LogP contribution in [0.3, 0.4) is 0 Å². The fourth-order valence-corrected chi connectivity index (χ4v) is 2.74. The SMILES string of the molecule is Cc1nn(C)c(C)c1C(O)Cc1cccs1. The van der Waals surface area contributed by atoms with Crippen LogP contribution < -0.4 is 0 Å². The Kier molecular flexibility index (Phi) is 3.12. The molecule has 2 rings (SSSR count). The van der Waals surface area contributed by atoms with Gasteiger partial charge in [-0.2, -0.15) is 5.10 Å². The Morgan fingerprint density at radius 2 is 2.25 bits per heavy atom. The summed E-state index contributed by atoms with van der Waals surface area (Å²) in [5.41, 5.74) is 2.93. The number of aliphatic hydroxyl groups is 1. The molecule has 1 unspecified atom stereocenters. The molecule has 0 spiro atoms. The average Bonchev–Trinajstić information content (AvgIpc) is 2.77. The van der Waals surface area contributed by atoms with E-state index < -0.39 is 6.10 Å². The van der Waals surface area contributed by atoms with Crippen LogP contribution in [0.4, 0.5) is 0 Å². The van der Waals surface area contributed by atoms with E-state index in [-0.39, 0.29) is 0 Å². The number of hydrogen-bond donors (Lipinski definition) is 1. The third-order valence-corrected chi connectivity index (χ3v) is 3.77. The molecule has 0 bridgehead atoms. The van der Waals surface area contributed by atoms with E-state index in [2.05, 4.69) is 11.2 Å². The zero-order chi connectivity index (χ0) is 11.7. The number of aliphatic hydroxyl groups excluding tert-OH is 1. The van der Waals surface area contributed by atoms with Gasteiger partial charge in [0.25, 0.3) is 0 Å². The molecule has 0 aliphatic heterocycles. The minimum atomic E-state index is -0.452. The maximum absolute atomic E-state index is 10.2. The average molecular weight is 236 g/mol. The quantitative estimate of drug-likeness (QED) is 0.888. The van der Waals surface area contributed by atoms with Gasteiger partial charge in [-0.25, -0.2) is 0 Å². The third-order valence-electron chi connectivity index (χ3n) is 2.87. The van der Waals surface area contributed by atoms with Crippen molar-refractivity contribution in [2.75, 3.05) is 0 Å². The van der Waals surface area contributed by atoms with Crippen molar-refractivity contribution in [3.05, 3.63) is 39.3 Å². The fraction of sp³-hybridized carbons (Fsp3) is 0.417. The van der Waals surface area contributed by atoms with Crippen LogP contribution in [0.15, 0.2) is 17.5 Å². The van der Waals surface area contributed by atoms with Gasteiger partial charge in [0.1, 0.15) is 0 Å². The first-order valence-electron chi connectivity index (χ1n) is 5.30. The van der Waals surface area contributed by atoms with Gasteiger partial charge in [0.05, 0.1) is 11.8 Å². The molecule has 86 valence electrons. The summed E-state index contributed by atoms with van der Waals surface area (Å²) >= 11 is 1.68. The molecule has 1 atom stereocenters. The summed E-state index contributed by atoms with van der Waals surface area (Å²) in [4.78, 5) is 1.20. The standard InChI is InChI=1S/C12H16N2OS/c1-8-12(9(2)14(3)13-8)11(15)7-10-5-4-6-16-10/h4-6,11,15H,7H2,1-3H3. The van der Waals surface area contributed by atoms with E-state index in [0.717, 1.165) is 17.0 Å². The lowest BCUT2D eigenvalue weighted by Gasteiger charge is -2.10. The molecular formula is C12H16N2OS. The van der Waals surface area contributed by atoms with E-state index in [4.69, 9.17) is 0 Å². The highest BCUT2D eigenvalue weighted by Crippen LogP contribution is 2.25. The van der Waals surface area contributed by atoms with Crippen LogP contribution >= 0.6 is 11.3 Å². The normalized spacial score (nSPS) is 13.0. The summed E-state index contributed by atoms with van der Waals surface area (Å²) in [5.74, 6) is 0. The predicted molar refractivity (Wildman–Crippen MR) is 65.7 cm³/mol. The third kappa shape index (κ3) is 2.03. The summed E-state index contributed by atoms with van der Waals surface area (Å²) in [5, 5.41) is 16.6. The second-order valence-electron chi connectivity index (χ2n) is 4.01. The first-order chi connectivity index (χ1) is 7.59. The Labute approximate surface area is 99.4 Å². The largest absolute Gasteiger partial charge is 0.388 e. The molecule has 0 radical (unpaired) electrons. The molecule has 0 saturated carbocycles. The number of hydrogen-bond acceptors (Lipinski definition) is 3. The van der Waals surface area contributed by atoms with Crippen LogP contribution in [0.25, 0.3) is 0 Å². The zero-order valence-electron chi connectivity index (χ0n) is 9.77. The highest BCUT2D eigenvalue weighted by Gasteiger charge is 2.18. The maximum atomic E-state index is 10.2. The molecule has 0 aliphatic carbocycles. The van der Waals surface area contributed by atoms with E-state index >= 15 is 0 Å². The van der Waals surface area contributed by atoms with Gasteiger partial charge >= 0.3 is 0 Å². The van der Waals surface area contributed by atoms with Crippen LogP contribution in [-0.2, 0) is 13.5 Å². The number of thiophene rings is 1. The van der Waals surface area contributed by atoms with Gasteiger partial charge in [-0.05, 0) is 25.3 Å². The van der Waals surface area contributed by atoms with Gasteiger partial charge in [0.15, 0.2) is 0 Å². The minimum absolute atomic E-state index is 0.452. The lowest BCUT2D eigenvalue weighted by molar-refractivity contribution is 0.178. The van der Waals surface area contributed by atoms with Crippen LogP contribution in [0.1, 0.15) is 27.9 Å². The maximum Gasteiger partial charge on any atom is 0.0874 e. The Balaban J connectivity index is 2.24. The summed E-state index contributed by atoms with van der Waals surface area (Å²) < 4.78 is 1.82. The summed E-state index contributed by atoms with van der Waals surface area (Å²) in [6.07, 6.45) is 0.220. The van der Waals surface area contributed by atoms with Gasteiger partial charge in [-0.3, -0.25) is 4.68 Å². The highest BCUT2D eigenvalue weighted by atomic mass is 32.1. The van der Waals surface area contributed by atoms with E-state index in [1.807, 2.05) is 37.0 Å². The van der Waals surface area contributed by atoms with Crippen molar-refractivity contribution >= 4 is 11.3 Å². The lowest BCUT2D eigenvalue weighted by Crippen LogP contribution is -2.03. The van der Waals surface area contributed by atoms with E-state index in [0.29, 0.717) is 6.42 Å². The van der Waals surface area contributed by atoms with E-state index in [1.165, 1.54) is 4.88 Å². The highest BCUT2D eigenvalue weighted by molar-refractivity contribution is 7.09. The Morgan fingerprint density at radius 1 is 1.50 bits per heavy atom. The molecule has 16 heavy (non-hydrogen) atoms. The molecule has 2 aromatic heterocycles. The number of nitrogens with zero attached hydrogens (tertiary/aromatic N) is 2. The fourth-order valence-electron chi connectivity index (χ4n) is 1.99. The number of aryl methyl sites for hydroxylation is 2. The monoisotopic (exact) mass is 236 g/mol. The summed E-state index contributed by atoms with van der Waals surface area (Å²) in [6.45, 7) is 3.94. The summed E-state index contributed by atoms with van der Waals surface area (Å²) in [6, 6.07) is 4.06. The molecule has 2 aromatic rings. The molecule has 3 nitrogen and oxygen atoms in total. The van der Waals surface area contributed by atoms with Crippen molar-refractivity contribution in [3.8, 4) is 0 Å². The molecule has 0 fully saturated rings. The van der Waals surface area contributed by atoms with Gasteiger partial charge in [0.2, 0.25) is 0 Å². The van der Waals surface area contributed by atoms with Crippen molar-refractivity contribution in [1.29, 1.82) is 0 Å². The molecule has 0 aliphatic rings. The smallest absolute Gasteiger partial charge is 0.0874 e. The Morgan fingerprint density at radius 3 is 2.75 bits per heavy atom. The van der Waals surface area contributed by atoms with Crippen LogP contribution in [0, 0.1) is 13.8 Å². The minimum Gasteiger partial charge on any atom is -0.388 e. The van der Waals surface area contributed by atoms with Gasteiger partial charge in [-0.1, -0.05) is 6.07 Å². The van der Waals surface area contributed by atoms with Crippen LogP contribution in [0.2, 0.25) is 0 Å². The topological polar surface area (TPSA) is 38.0 Å². The first kappa shape index (κ1) is 11.4. The summed E-state index contributed by atoms with van der Waals surface area (Å²) in [7, 11) is 1.91. The van der Waals surface area contributed by atoms with E-state index in [9.17, 15) is 5.11 Å². The zero-order valence-corrected chi connectivity index (χ0v) is 10.6. The van der Waals surface area contributed by atoms with Crippen molar-refractivity contribution in [3.63, 3.8) is 0 Å². The molecule has 0 saturated heterocycles. The van der Waals surface area contributed by atoms with Gasteiger partial charge in [-0.15, -0.1) is 11.3 Å². The molecule has 0 amide bonds. The molecular weight excluding hydrogens is 220 g/mol. The van der Waals surface area contributed by atoms with Gasteiger partial charge in [0, 0.05) is 29.6 Å². The van der Waals surface area contributed by atoms with Crippen molar-refractivity contribution in [1.82, 2.24) is 9.78 Å². The molecule has 0 aromatic carbocycles. The Bertz CT molecular complexity index is 473. The van der Waals surface area contributed by atoms with Crippen LogP contribution in [-0.4, -0.2) is 14.9 Å². The van der Waals surface area contributed by atoms with Crippen molar-refractivity contribution < 1.29 is 5.11 Å².